The van der Waals surface area contributed by atoms with Crippen molar-refractivity contribution in [2.24, 2.45) is 0 Å². The average Bonchev–Trinajstić information content (AvgIpc) is 4.00. The number of nitrogens with zero attached hydrogens (tertiary/aromatic N) is 8. The van der Waals surface area contributed by atoms with Crippen LogP contribution >= 0.6 is 7.82 Å². The summed E-state index contributed by atoms with van der Waals surface area (Å²) >= 11 is 0. The zero-order chi connectivity index (χ0) is 44.7. The van der Waals surface area contributed by atoms with Crippen LogP contribution in [0.2, 0.25) is 0 Å². The van der Waals surface area contributed by atoms with Crippen LogP contribution in [0.5, 0.6) is 0 Å². The molecule has 61 heavy (non-hydrogen) atoms. The largest absolute Gasteiger partial charge is 0.469 e. The second-order valence-corrected chi connectivity index (χ2v) is 14.6. The van der Waals surface area contributed by atoms with Crippen molar-refractivity contribution in [1.29, 1.82) is 0 Å². The summed E-state index contributed by atoms with van der Waals surface area (Å²) in [5.41, 5.74) is 14.8. The molecule has 5 aromatic heterocycles. The summed E-state index contributed by atoms with van der Waals surface area (Å²) in [6.45, 7) is -1.55. The number of aliphatic hydroxyl groups is 8. The van der Waals surface area contributed by atoms with Gasteiger partial charge in [0.15, 0.2) is 41.0 Å². The number of nitrogen functional groups attached to an aromatic ring is 3. The molecule has 0 saturated carbocycles. The van der Waals surface area contributed by atoms with Gasteiger partial charge < -0.3 is 82.1 Å². The van der Waals surface area contributed by atoms with Crippen LogP contribution in [-0.2, 0) is 23.3 Å². The fourth-order valence-corrected chi connectivity index (χ4v) is 6.71. The van der Waals surface area contributed by atoms with E-state index in [0.717, 1.165) is 4.57 Å². The number of fused-ring (bicyclic) bond motifs is 2. The Hall–Kier alpha value is -5.35. The number of imidazole rings is 2. The maximum atomic E-state index is 11.7. The fourth-order valence-electron chi connectivity index (χ4n) is 6.37. The Morgan fingerprint density at radius 3 is 1.46 bits per heavy atom. The average molecular weight is 890 g/mol. The highest BCUT2D eigenvalue weighted by Crippen LogP contribution is 2.38. The summed E-state index contributed by atoms with van der Waals surface area (Å²) in [5.74, 6) is -0.224. The second kappa shape index (κ2) is 17.9. The van der Waals surface area contributed by atoms with Crippen LogP contribution in [0.4, 0.5) is 17.7 Å². The smallest absolute Gasteiger partial charge is 0.394 e. The highest BCUT2D eigenvalue weighted by molar-refractivity contribution is 7.46. The van der Waals surface area contributed by atoms with Crippen molar-refractivity contribution in [2.75, 3.05) is 37.0 Å². The molecule has 0 radical (unpaired) electrons. The quantitative estimate of drug-likeness (QED) is 0.0643. The Labute approximate surface area is 337 Å². The van der Waals surface area contributed by atoms with Crippen LogP contribution in [0, 0.1) is 0 Å². The minimum Gasteiger partial charge on any atom is -0.394 e. The molecule has 334 valence electrons. The molecule has 31 nitrogen and oxygen atoms in total. The number of ether oxygens (including phenoxy) is 3. The lowest BCUT2D eigenvalue weighted by Crippen LogP contribution is -2.36. The molecule has 3 fully saturated rings. The molecule has 3 aliphatic heterocycles. The van der Waals surface area contributed by atoms with Gasteiger partial charge in [0, 0.05) is 6.20 Å². The van der Waals surface area contributed by atoms with Crippen LogP contribution in [-0.4, -0.2) is 174 Å². The Morgan fingerprint density at radius 1 is 0.656 bits per heavy atom. The molecular formula is C29H40N13O18P. The number of anilines is 3. The summed E-state index contributed by atoms with van der Waals surface area (Å²) in [4.78, 5) is 75.8. The maximum absolute atomic E-state index is 11.7. The van der Waals surface area contributed by atoms with Crippen molar-refractivity contribution in [2.45, 2.75) is 73.6 Å². The number of aliphatic hydroxyl groups excluding tert-OH is 8. The molecule has 3 aliphatic rings. The molecule has 12 atom stereocenters. The van der Waals surface area contributed by atoms with Crippen molar-refractivity contribution in [3.63, 3.8) is 0 Å². The van der Waals surface area contributed by atoms with E-state index in [1.165, 1.54) is 34.1 Å². The van der Waals surface area contributed by atoms with E-state index < -0.39 is 118 Å². The summed E-state index contributed by atoms with van der Waals surface area (Å²) in [6.07, 6.45) is -10.7. The number of phosphoric ester groups is 1. The standard InChI is InChI=1S/2C10H13N5O5.C9H14N3O8P/c2*11-10-13-7-4(8(19)14-10)12-2-15(7)9-6(18)5(17)3(1-16)20-9;10-5-1-2-12(9(15)11-5)8-7(14)6(13)4(20-8)3-19-21(16,17)18/h2*2-3,5-6,9,16-18H,1H2,(H3,11,13,14,19);1-2,4,6-8,13-14H,3H2,(H2,10,11,15)(H2,16,17,18)/t2*3-,5-,6-,9-;4-,6-,7-,8-/m111/s1. The number of hydrogen-bond donors (Lipinski definition) is 15. The molecule has 8 rings (SSSR count). The van der Waals surface area contributed by atoms with Crippen molar-refractivity contribution in [1.82, 2.24) is 48.6 Å². The number of phosphoric acid groups is 1. The molecule has 32 heteroatoms. The summed E-state index contributed by atoms with van der Waals surface area (Å²) in [5, 5.41) is 77.1. The molecule has 0 aromatic carbocycles. The van der Waals surface area contributed by atoms with Gasteiger partial charge in [-0.3, -0.25) is 37.8 Å². The van der Waals surface area contributed by atoms with Crippen LogP contribution in [0.25, 0.3) is 22.3 Å². The molecule has 0 unspecified atom stereocenters. The summed E-state index contributed by atoms with van der Waals surface area (Å²) in [7, 11) is -4.74. The molecule has 5 aromatic rings. The van der Waals surface area contributed by atoms with Gasteiger partial charge in [0.1, 0.15) is 60.8 Å². The van der Waals surface area contributed by atoms with Crippen molar-refractivity contribution < 1.29 is 73.9 Å². The van der Waals surface area contributed by atoms with E-state index in [1.807, 2.05) is 0 Å². The predicted octanol–water partition coefficient (Wildman–Crippen LogP) is -7.82. The van der Waals surface area contributed by atoms with Crippen LogP contribution in [0.1, 0.15) is 18.7 Å². The normalized spacial score (nSPS) is 30.0. The number of hydrogen-bond acceptors (Lipinski definition) is 24. The number of H-pyrrole nitrogens is 2. The molecule has 18 N–H and O–H groups in total. The van der Waals surface area contributed by atoms with Crippen LogP contribution < -0.4 is 34.0 Å². The fraction of sp³-hybridized carbons (Fsp3) is 0.517. The van der Waals surface area contributed by atoms with Gasteiger partial charge in [-0.05, 0) is 6.07 Å². The van der Waals surface area contributed by atoms with Gasteiger partial charge in [-0.25, -0.2) is 19.3 Å². The molecule has 0 bridgehead atoms. The Bertz CT molecular complexity index is 2440. The van der Waals surface area contributed by atoms with Gasteiger partial charge in [-0.15, -0.1) is 0 Å². The summed E-state index contributed by atoms with van der Waals surface area (Å²) < 4.78 is 34.2. The number of nitrogens with two attached hydrogens (primary N) is 3. The third-order valence-electron chi connectivity index (χ3n) is 9.35. The third kappa shape index (κ3) is 9.30. The van der Waals surface area contributed by atoms with Gasteiger partial charge in [0.25, 0.3) is 11.1 Å². The molecule has 3 saturated heterocycles. The topological polar surface area (TPSA) is 496 Å². The van der Waals surface area contributed by atoms with E-state index in [0.29, 0.717) is 0 Å². The first-order valence-electron chi connectivity index (χ1n) is 17.5. The van der Waals surface area contributed by atoms with E-state index in [4.69, 9.17) is 51.4 Å². The van der Waals surface area contributed by atoms with Crippen molar-refractivity contribution in [3.05, 3.63) is 56.1 Å². The van der Waals surface area contributed by atoms with E-state index in [-0.39, 0.29) is 40.0 Å². The first kappa shape index (κ1) is 45.2. The van der Waals surface area contributed by atoms with Gasteiger partial charge in [0.05, 0.1) is 32.5 Å². The van der Waals surface area contributed by atoms with E-state index in [1.54, 1.807) is 0 Å². The van der Waals surface area contributed by atoms with Gasteiger partial charge in [-0.1, -0.05) is 0 Å². The lowest BCUT2D eigenvalue weighted by molar-refractivity contribution is -0.0542. The van der Waals surface area contributed by atoms with Crippen LogP contribution in [0.15, 0.2) is 39.3 Å². The molecule has 0 amide bonds. The lowest BCUT2D eigenvalue weighted by Gasteiger charge is -2.16. The first-order valence-corrected chi connectivity index (χ1v) is 19.0. The number of aromatic nitrogens is 10. The van der Waals surface area contributed by atoms with Gasteiger partial charge in [0.2, 0.25) is 11.9 Å². The molecule has 0 aliphatic carbocycles. The Morgan fingerprint density at radius 2 is 1.07 bits per heavy atom. The highest BCUT2D eigenvalue weighted by Gasteiger charge is 2.46. The van der Waals surface area contributed by atoms with Crippen molar-refractivity contribution in [3.8, 4) is 0 Å². The monoisotopic (exact) mass is 889 g/mol. The number of aromatic amines is 2. The zero-order valence-corrected chi connectivity index (χ0v) is 31.7. The minimum atomic E-state index is -4.74. The second-order valence-electron chi connectivity index (χ2n) is 13.4. The Kier molecular flexibility index (Phi) is 13.3. The van der Waals surface area contributed by atoms with Crippen LogP contribution in [0.3, 0.4) is 0 Å². The molecular weight excluding hydrogens is 849 g/mol. The zero-order valence-electron chi connectivity index (χ0n) is 30.9. The number of nitrogens with one attached hydrogen (secondary N) is 2. The van der Waals surface area contributed by atoms with Gasteiger partial charge in [-0.2, -0.15) is 15.0 Å². The predicted molar refractivity (Wildman–Crippen MR) is 198 cm³/mol. The minimum absolute atomic E-state index is 0.0225. The van der Waals surface area contributed by atoms with E-state index >= 15 is 0 Å². The molecule has 0 spiro atoms. The first-order chi connectivity index (χ1) is 28.7. The highest BCUT2D eigenvalue weighted by atomic mass is 31.2. The summed E-state index contributed by atoms with van der Waals surface area (Å²) in [6, 6.07) is 1.29. The third-order valence-corrected chi connectivity index (χ3v) is 9.84. The Balaban J connectivity index is 0.000000153. The van der Waals surface area contributed by atoms with E-state index in [9.17, 15) is 49.6 Å². The maximum Gasteiger partial charge on any atom is 0.469 e. The van der Waals surface area contributed by atoms with Crippen molar-refractivity contribution >= 4 is 47.9 Å². The molecule has 8 heterocycles. The SMILES string of the molecule is Nc1ccn([C@@H]2O[C@H](COP(=O)(O)O)[C@@H](O)[C@H]2O)c(=O)n1.Nc1nc2c(ncn2[C@@H]2O[C@H](CO)[C@@H](O)[C@H]2O)c(=O)[nH]1.Nc1nc2c(ncn2[C@@H]2O[C@H](CO)[C@@H](O)[C@H]2O)c(=O)[nH]1. The van der Waals surface area contributed by atoms with E-state index in [2.05, 4.69) is 39.4 Å². The lowest BCUT2D eigenvalue weighted by atomic mass is 10.1. The number of rotatable bonds is 8. The van der Waals surface area contributed by atoms with Gasteiger partial charge >= 0.3 is 13.5 Å².